The summed E-state index contributed by atoms with van der Waals surface area (Å²) in [6.07, 6.45) is 0. The molecule has 0 bridgehead atoms. The maximum Gasteiger partial charge on any atom is 0.316 e. The molecule has 2 aromatic carbocycles. The molecule has 3 amide bonds. The lowest BCUT2D eigenvalue weighted by atomic mass is 10.1. The first-order valence-electron chi connectivity index (χ1n) is 9.53. The van der Waals surface area contributed by atoms with Gasteiger partial charge >= 0.3 is 11.8 Å². The third-order valence-corrected chi connectivity index (χ3v) is 4.83. The molecular formula is C22H25N3O5. The van der Waals surface area contributed by atoms with Crippen molar-refractivity contribution in [1.82, 2.24) is 4.90 Å². The van der Waals surface area contributed by atoms with E-state index < -0.39 is 11.8 Å². The van der Waals surface area contributed by atoms with Crippen LogP contribution in [-0.4, -0.2) is 56.5 Å². The van der Waals surface area contributed by atoms with Crippen LogP contribution in [0.5, 0.6) is 11.5 Å². The summed E-state index contributed by atoms with van der Waals surface area (Å²) in [6, 6.07) is 10.7. The summed E-state index contributed by atoms with van der Waals surface area (Å²) in [4.78, 5) is 40.3. The lowest BCUT2D eigenvalue weighted by molar-refractivity contribution is -0.147. The van der Waals surface area contributed by atoms with E-state index in [9.17, 15) is 14.4 Å². The van der Waals surface area contributed by atoms with E-state index in [-0.39, 0.29) is 25.5 Å². The van der Waals surface area contributed by atoms with Crippen LogP contribution in [0.4, 0.5) is 11.4 Å². The zero-order valence-corrected chi connectivity index (χ0v) is 17.5. The van der Waals surface area contributed by atoms with Crippen molar-refractivity contribution in [2.45, 2.75) is 13.8 Å². The predicted octanol–water partition coefficient (Wildman–Crippen LogP) is 2.13. The molecular weight excluding hydrogens is 386 g/mol. The number of hydrogen-bond acceptors (Lipinski definition) is 5. The maximum absolute atomic E-state index is 12.7. The second-order valence-electron chi connectivity index (χ2n) is 7.15. The molecule has 2 aromatic rings. The number of hydrogen-bond donors (Lipinski definition) is 1. The SMILES string of the molecule is COc1ccc(N2CCN(CC(=O)Nc3cc(C)cc(C)c3)C(=O)C2=O)cc1OC. The van der Waals surface area contributed by atoms with Crippen molar-refractivity contribution in [2.24, 2.45) is 0 Å². The van der Waals surface area contributed by atoms with Crippen molar-refractivity contribution >= 4 is 29.1 Å². The van der Waals surface area contributed by atoms with Gasteiger partial charge < -0.3 is 24.6 Å². The van der Waals surface area contributed by atoms with Crippen molar-refractivity contribution in [3.8, 4) is 11.5 Å². The van der Waals surface area contributed by atoms with Gasteiger partial charge in [-0.25, -0.2) is 0 Å². The van der Waals surface area contributed by atoms with Crippen LogP contribution in [0.2, 0.25) is 0 Å². The summed E-state index contributed by atoms with van der Waals surface area (Å²) in [5, 5.41) is 2.79. The normalized spacial score (nSPS) is 14.0. The quantitative estimate of drug-likeness (QED) is 0.736. The fourth-order valence-corrected chi connectivity index (χ4v) is 3.49. The summed E-state index contributed by atoms with van der Waals surface area (Å²) in [7, 11) is 3.02. The third-order valence-electron chi connectivity index (χ3n) is 4.83. The highest BCUT2D eigenvalue weighted by Crippen LogP contribution is 2.32. The van der Waals surface area contributed by atoms with Crippen LogP contribution in [0.25, 0.3) is 0 Å². The average molecular weight is 411 g/mol. The molecule has 0 atom stereocenters. The van der Waals surface area contributed by atoms with Crippen molar-refractivity contribution < 1.29 is 23.9 Å². The van der Waals surface area contributed by atoms with Crippen LogP contribution in [0, 0.1) is 13.8 Å². The summed E-state index contributed by atoms with van der Waals surface area (Å²) < 4.78 is 10.5. The molecule has 8 nitrogen and oxygen atoms in total. The highest BCUT2D eigenvalue weighted by molar-refractivity contribution is 6.41. The number of aryl methyl sites for hydroxylation is 2. The van der Waals surface area contributed by atoms with Crippen LogP contribution < -0.4 is 19.7 Å². The highest BCUT2D eigenvalue weighted by Gasteiger charge is 2.34. The largest absolute Gasteiger partial charge is 0.493 e. The van der Waals surface area contributed by atoms with Gasteiger partial charge in [0.05, 0.1) is 14.2 Å². The predicted molar refractivity (Wildman–Crippen MR) is 113 cm³/mol. The number of anilines is 2. The summed E-state index contributed by atoms with van der Waals surface area (Å²) in [5.74, 6) is -0.757. The van der Waals surface area contributed by atoms with E-state index in [1.54, 1.807) is 18.2 Å². The van der Waals surface area contributed by atoms with Gasteiger partial charge in [0.25, 0.3) is 0 Å². The summed E-state index contributed by atoms with van der Waals surface area (Å²) in [6.45, 7) is 4.23. The number of amides is 3. The number of piperazine rings is 1. The van der Waals surface area contributed by atoms with E-state index in [1.807, 2.05) is 32.0 Å². The molecule has 0 aliphatic carbocycles. The molecule has 1 aliphatic heterocycles. The molecule has 0 radical (unpaired) electrons. The molecule has 0 aromatic heterocycles. The minimum atomic E-state index is -0.716. The van der Waals surface area contributed by atoms with Crippen molar-refractivity contribution in [1.29, 1.82) is 0 Å². The summed E-state index contributed by atoms with van der Waals surface area (Å²) >= 11 is 0. The second kappa shape index (κ2) is 8.86. The Morgan fingerprint density at radius 2 is 1.60 bits per heavy atom. The Morgan fingerprint density at radius 1 is 0.933 bits per heavy atom. The van der Waals surface area contributed by atoms with Gasteiger partial charge in [0.1, 0.15) is 6.54 Å². The van der Waals surface area contributed by atoms with Crippen molar-refractivity contribution in [2.75, 3.05) is 44.1 Å². The Bertz CT molecular complexity index is 968. The zero-order chi connectivity index (χ0) is 21.8. The first-order valence-corrected chi connectivity index (χ1v) is 9.53. The second-order valence-corrected chi connectivity index (χ2v) is 7.15. The van der Waals surface area contributed by atoms with Gasteiger partial charge in [-0.1, -0.05) is 6.07 Å². The zero-order valence-electron chi connectivity index (χ0n) is 17.5. The van der Waals surface area contributed by atoms with Gasteiger partial charge in [0.15, 0.2) is 11.5 Å². The van der Waals surface area contributed by atoms with Crippen LogP contribution >= 0.6 is 0 Å². The number of ether oxygens (including phenoxy) is 2. The van der Waals surface area contributed by atoms with Crippen LogP contribution in [0.15, 0.2) is 36.4 Å². The van der Waals surface area contributed by atoms with Gasteiger partial charge in [0, 0.05) is 30.5 Å². The number of benzene rings is 2. The molecule has 158 valence electrons. The van der Waals surface area contributed by atoms with Gasteiger partial charge in [-0.3, -0.25) is 14.4 Å². The highest BCUT2D eigenvalue weighted by atomic mass is 16.5. The minimum Gasteiger partial charge on any atom is -0.493 e. The molecule has 1 saturated heterocycles. The average Bonchev–Trinajstić information content (AvgIpc) is 2.70. The van der Waals surface area contributed by atoms with Crippen molar-refractivity contribution in [3.63, 3.8) is 0 Å². The lowest BCUT2D eigenvalue weighted by Gasteiger charge is -2.33. The molecule has 1 fully saturated rings. The van der Waals surface area contributed by atoms with Gasteiger partial charge in [-0.2, -0.15) is 0 Å². The smallest absolute Gasteiger partial charge is 0.316 e. The van der Waals surface area contributed by atoms with Crippen LogP contribution in [0.1, 0.15) is 11.1 Å². The molecule has 1 N–H and O–H groups in total. The lowest BCUT2D eigenvalue weighted by Crippen LogP contribution is -2.56. The Labute approximate surface area is 175 Å². The van der Waals surface area contributed by atoms with Crippen molar-refractivity contribution in [3.05, 3.63) is 47.5 Å². The Hall–Kier alpha value is -3.55. The van der Waals surface area contributed by atoms with E-state index in [4.69, 9.17) is 9.47 Å². The molecule has 0 saturated carbocycles. The summed E-state index contributed by atoms with van der Waals surface area (Å²) in [5.41, 5.74) is 3.26. The van der Waals surface area contributed by atoms with E-state index in [0.717, 1.165) is 11.1 Å². The number of nitrogens with zero attached hydrogens (tertiary/aromatic N) is 2. The maximum atomic E-state index is 12.7. The standard InChI is InChI=1S/C22H25N3O5/c1-14-9-15(2)11-16(10-14)23-20(26)13-24-7-8-25(22(28)21(24)27)17-5-6-18(29-3)19(12-17)30-4/h5-6,9-12H,7-8,13H2,1-4H3,(H,23,26). The number of nitrogens with one attached hydrogen (secondary N) is 1. The van der Waals surface area contributed by atoms with Crippen LogP contribution in [-0.2, 0) is 14.4 Å². The Balaban J connectivity index is 1.67. The molecule has 30 heavy (non-hydrogen) atoms. The Morgan fingerprint density at radius 3 is 2.23 bits per heavy atom. The molecule has 0 unspecified atom stereocenters. The number of carbonyl (C=O) groups is 3. The number of rotatable bonds is 6. The molecule has 1 aliphatic rings. The Kier molecular flexibility index (Phi) is 6.25. The number of methoxy groups -OCH3 is 2. The monoisotopic (exact) mass is 411 g/mol. The minimum absolute atomic E-state index is 0.183. The molecule has 1 heterocycles. The molecule has 0 spiro atoms. The van der Waals surface area contributed by atoms with E-state index in [1.165, 1.54) is 24.0 Å². The molecule has 8 heteroatoms. The van der Waals surface area contributed by atoms with E-state index in [0.29, 0.717) is 22.9 Å². The fourth-order valence-electron chi connectivity index (χ4n) is 3.49. The first kappa shape index (κ1) is 21.2. The van der Waals surface area contributed by atoms with Gasteiger partial charge in [0.2, 0.25) is 5.91 Å². The van der Waals surface area contributed by atoms with Gasteiger partial charge in [-0.15, -0.1) is 0 Å². The number of carbonyl (C=O) groups excluding carboxylic acids is 3. The third kappa shape index (κ3) is 4.53. The van der Waals surface area contributed by atoms with Crippen LogP contribution in [0.3, 0.4) is 0 Å². The van der Waals surface area contributed by atoms with E-state index >= 15 is 0 Å². The first-order chi connectivity index (χ1) is 14.3. The topological polar surface area (TPSA) is 88.2 Å². The van der Waals surface area contributed by atoms with Gasteiger partial charge in [-0.05, 0) is 49.2 Å². The fraction of sp³-hybridized carbons (Fsp3) is 0.318. The van der Waals surface area contributed by atoms with E-state index in [2.05, 4.69) is 5.32 Å². The molecule has 3 rings (SSSR count).